The van der Waals surface area contributed by atoms with E-state index in [0.717, 1.165) is 23.1 Å². The van der Waals surface area contributed by atoms with Crippen molar-refractivity contribution in [3.8, 4) is 23.7 Å². The predicted molar refractivity (Wildman–Crippen MR) is 94.2 cm³/mol. The maximum absolute atomic E-state index is 3.20. The fraction of sp³-hybridized carbons (Fsp3) is 0.182. The van der Waals surface area contributed by atoms with Gasteiger partial charge in [-0.15, -0.1) is 0 Å². The van der Waals surface area contributed by atoms with Crippen LogP contribution in [0.2, 0.25) is 0 Å². The minimum atomic E-state index is 0.904. The van der Waals surface area contributed by atoms with Crippen molar-refractivity contribution in [3.63, 3.8) is 0 Å². The SMILES string of the molecule is CCCCC=C(C#Cc1ccccc1)C#Cc1ccccc1. The summed E-state index contributed by atoms with van der Waals surface area (Å²) in [6.45, 7) is 2.19. The number of hydrogen-bond donors (Lipinski definition) is 0. The number of unbranched alkanes of at least 4 members (excludes halogenated alkanes) is 2. The highest BCUT2D eigenvalue weighted by molar-refractivity contribution is 5.51. The second-order valence-electron chi connectivity index (χ2n) is 4.99. The van der Waals surface area contributed by atoms with E-state index in [1.54, 1.807) is 0 Å². The quantitative estimate of drug-likeness (QED) is 0.536. The fourth-order valence-electron chi connectivity index (χ4n) is 1.91. The summed E-state index contributed by atoms with van der Waals surface area (Å²) >= 11 is 0. The molecule has 0 N–H and O–H groups in total. The smallest absolute Gasteiger partial charge is 0.0654 e. The zero-order valence-electron chi connectivity index (χ0n) is 13.0. The molecule has 0 spiro atoms. The van der Waals surface area contributed by atoms with Gasteiger partial charge in [0.2, 0.25) is 0 Å². The molecule has 0 atom stereocenters. The van der Waals surface area contributed by atoms with E-state index in [-0.39, 0.29) is 0 Å². The average Bonchev–Trinajstić information content (AvgIpc) is 2.59. The van der Waals surface area contributed by atoms with Crippen LogP contribution < -0.4 is 0 Å². The summed E-state index contributed by atoms with van der Waals surface area (Å²) in [6, 6.07) is 20.1. The second kappa shape index (κ2) is 9.28. The van der Waals surface area contributed by atoms with E-state index in [0.29, 0.717) is 0 Å². The summed E-state index contributed by atoms with van der Waals surface area (Å²) in [5, 5.41) is 0. The number of allylic oxidation sites excluding steroid dienone is 2. The molecule has 0 amide bonds. The summed E-state index contributed by atoms with van der Waals surface area (Å²) < 4.78 is 0. The first kappa shape index (κ1) is 15.7. The Balaban J connectivity index is 2.19. The Hall–Kier alpha value is -2.70. The lowest BCUT2D eigenvalue weighted by atomic mass is 10.1. The lowest BCUT2D eigenvalue weighted by Gasteiger charge is -1.92. The van der Waals surface area contributed by atoms with Gasteiger partial charge in [-0.1, -0.05) is 85.9 Å². The molecule has 0 fully saturated rings. The number of rotatable bonds is 3. The molecule has 2 aromatic rings. The maximum Gasteiger partial charge on any atom is 0.0711 e. The standard InChI is InChI=1S/C22H20/c1-2-3-6-11-22(18-16-20-12-7-4-8-13-20)19-17-21-14-9-5-10-15-21/h4-5,7-15H,2-3,6H2,1H3. The van der Waals surface area contributed by atoms with Gasteiger partial charge in [-0.25, -0.2) is 0 Å². The van der Waals surface area contributed by atoms with Crippen LogP contribution in [0.3, 0.4) is 0 Å². The Bertz CT molecular complexity index is 654. The number of hydrogen-bond acceptors (Lipinski definition) is 0. The largest absolute Gasteiger partial charge is 0.0711 e. The van der Waals surface area contributed by atoms with E-state index in [1.807, 2.05) is 60.7 Å². The van der Waals surface area contributed by atoms with Crippen LogP contribution in [0.15, 0.2) is 72.3 Å². The summed E-state index contributed by atoms with van der Waals surface area (Å²) in [6.07, 6.45) is 5.53. The highest BCUT2D eigenvalue weighted by atomic mass is 13.9. The van der Waals surface area contributed by atoms with E-state index >= 15 is 0 Å². The average molecular weight is 284 g/mol. The van der Waals surface area contributed by atoms with Gasteiger partial charge in [-0.05, 0) is 30.7 Å². The van der Waals surface area contributed by atoms with E-state index in [2.05, 4.69) is 36.7 Å². The lowest BCUT2D eigenvalue weighted by molar-refractivity contribution is 0.814. The van der Waals surface area contributed by atoms with Crippen molar-refractivity contribution in [2.75, 3.05) is 0 Å². The van der Waals surface area contributed by atoms with Crippen LogP contribution in [0.5, 0.6) is 0 Å². The van der Waals surface area contributed by atoms with Crippen LogP contribution in [0.1, 0.15) is 37.3 Å². The van der Waals surface area contributed by atoms with Gasteiger partial charge in [0.15, 0.2) is 0 Å². The monoisotopic (exact) mass is 284 g/mol. The highest BCUT2D eigenvalue weighted by Gasteiger charge is 1.89. The third kappa shape index (κ3) is 5.74. The Labute approximate surface area is 133 Å². The molecule has 0 aromatic heterocycles. The van der Waals surface area contributed by atoms with Gasteiger partial charge in [0, 0.05) is 11.1 Å². The van der Waals surface area contributed by atoms with E-state index in [9.17, 15) is 0 Å². The predicted octanol–water partition coefficient (Wildman–Crippen LogP) is 5.21. The first-order valence-electron chi connectivity index (χ1n) is 7.73. The van der Waals surface area contributed by atoms with Crippen molar-refractivity contribution < 1.29 is 0 Å². The van der Waals surface area contributed by atoms with Crippen LogP contribution >= 0.6 is 0 Å². The number of benzene rings is 2. The molecule has 0 aliphatic rings. The Morgan fingerprint density at radius 3 is 1.77 bits per heavy atom. The molecule has 22 heavy (non-hydrogen) atoms. The zero-order valence-corrected chi connectivity index (χ0v) is 13.0. The fourth-order valence-corrected chi connectivity index (χ4v) is 1.91. The van der Waals surface area contributed by atoms with Gasteiger partial charge < -0.3 is 0 Å². The molecule has 2 rings (SSSR count). The molecule has 0 heteroatoms. The summed E-state index contributed by atoms with van der Waals surface area (Å²) in [5.41, 5.74) is 2.94. The molecule has 0 aliphatic carbocycles. The summed E-state index contributed by atoms with van der Waals surface area (Å²) in [4.78, 5) is 0. The van der Waals surface area contributed by atoms with Crippen molar-refractivity contribution in [2.24, 2.45) is 0 Å². The summed E-state index contributed by atoms with van der Waals surface area (Å²) in [5.74, 6) is 12.8. The van der Waals surface area contributed by atoms with Crippen LogP contribution in [0, 0.1) is 23.7 Å². The van der Waals surface area contributed by atoms with Gasteiger partial charge in [0.05, 0.1) is 5.57 Å². The first-order valence-corrected chi connectivity index (χ1v) is 7.73. The molecule has 0 saturated carbocycles. The molecule has 0 heterocycles. The van der Waals surface area contributed by atoms with E-state index in [4.69, 9.17) is 0 Å². The first-order chi connectivity index (χ1) is 10.9. The van der Waals surface area contributed by atoms with Crippen molar-refractivity contribution in [1.82, 2.24) is 0 Å². The van der Waals surface area contributed by atoms with Crippen molar-refractivity contribution in [3.05, 3.63) is 83.4 Å². The molecule has 0 unspecified atom stereocenters. The minimum Gasteiger partial charge on any atom is -0.0654 e. The second-order valence-corrected chi connectivity index (χ2v) is 4.99. The van der Waals surface area contributed by atoms with Gasteiger partial charge >= 0.3 is 0 Å². The molecule has 2 aromatic carbocycles. The van der Waals surface area contributed by atoms with Gasteiger partial charge in [-0.2, -0.15) is 0 Å². The molecular weight excluding hydrogens is 264 g/mol. The van der Waals surface area contributed by atoms with Crippen LogP contribution in [-0.2, 0) is 0 Å². The van der Waals surface area contributed by atoms with Crippen molar-refractivity contribution in [1.29, 1.82) is 0 Å². The normalized spacial score (nSPS) is 8.95. The van der Waals surface area contributed by atoms with E-state index in [1.165, 1.54) is 12.8 Å². The Morgan fingerprint density at radius 2 is 1.32 bits per heavy atom. The van der Waals surface area contributed by atoms with Crippen LogP contribution in [0.4, 0.5) is 0 Å². The minimum absolute atomic E-state index is 0.904. The molecule has 108 valence electrons. The Morgan fingerprint density at radius 1 is 0.818 bits per heavy atom. The van der Waals surface area contributed by atoms with Gasteiger partial charge in [0.1, 0.15) is 0 Å². The molecule has 0 nitrogen and oxygen atoms in total. The molecule has 0 radical (unpaired) electrons. The van der Waals surface area contributed by atoms with E-state index < -0.39 is 0 Å². The van der Waals surface area contributed by atoms with Crippen LogP contribution in [0.25, 0.3) is 0 Å². The zero-order chi connectivity index (χ0) is 15.5. The third-order valence-corrected chi connectivity index (χ3v) is 3.14. The maximum atomic E-state index is 3.20. The Kier molecular flexibility index (Phi) is 6.61. The topological polar surface area (TPSA) is 0 Å². The third-order valence-electron chi connectivity index (χ3n) is 3.14. The molecule has 0 saturated heterocycles. The van der Waals surface area contributed by atoms with Crippen molar-refractivity contribution >= 4 is 0 Å². The van der Waals surface area contributed by atoms with Crippen LogP contribution in [-0.4, -0.2) is 0 Å². The lowest BCUT2D eigenvalue weighted by Crippen LogP contribution is -1.79. The summed E-state index contributed by atoms with van der Waals surface area (Å²) in [7, 11) is 0. The molecular formula is C22H20. The highest BCUT2D eigenvalue weighted by Crippen LogP contribution is 2.03. The van der Waals surface area contributed by atoms with Gasteiger partial charge in [0.25, 0.3) is 0 Å². The molecule has 0 aliphatic heterocycles. The van der Waals surface area contributed by atoms with Crippen molar-refractivity contribution in [2.45, 2.75) is 26.2 Å². The molecule has 0 bridgehead atoms. The van der Waals surface area contributed by atoms with Gasteiger partial charge in [-0.3, -0.25) is 0 Å².